The number of amides is 2. The van der Waals surface area contributed by atoms with E-state index in [4.69, 9.17) is 4.74 Å². The molecule has 0 aromatic heterocycles. The summed E-state index contributed by atoms with van der Waals surface area (Å²) in [6.07, 6.45) is 6.27. The summed E-state index contributed by atoms with van der Waals surface area (Å²) in [5.74, 6) is 0.527. The number of methoxy groups -OCH3 is 1. The molecule has 0 N–H and O–H groups in total. The van der Waals surface area contributed by atoms with E-state index < -0.39 is 0 Å². The summed E-state index contributed by atoms with van der Waals surface area (Å²) in [6.45, 7) is 0. The number of rotatable bonds is 4. The summed E-state index contributed by atoms with van der Waals surface area (Å²) >= 11 is 0. The number of hydrogen-bond donors (Lipinski definition) is 0. The molecular formula is C17H24N2O3. The first kappa shape index (κ1) is 16.3. The zero-order valence-corrected chi connectivity index (χ0v) is 13.5. The minimum absolute atomic E-state index is 0.0473. The van der Waals surface area contributed by atoms with Crippen LogP contribution in [-0.4, -0.2) is 44.5 Å². The van der Waals surface area contributed by atoms with Crippen LogP contribution < -0.4 is 9.64 Å². The zero-order chi connectivity index (χ0) is 16.1. The number of anilines is 1. The fourth-order valence-electron chi connectivity index (χ4n) is 3.00. The van der Waals surface area contributed by atoms with Gasteiger partial charge in [-0.2, -0.15) is 0 Å². The van der Waals surface area contributed by atoms with Crippen molar-refractivity contribution in [1.82, 2.24) is 4.90 Å². The van der Waals surface area contributed by atoms with Gasteiger partial charge in [-0.1, -0.05) is 19.3 Å². The van der Waals surface area contributed by atoms with Gasteiger partial charge < -0.3 is 9.64 Å². The highest BCUT2D eigenvalue weighted by Crippen LogP contribution is 2.31. The summed E-state index contributed by atoms with van der Waals surface area (Å²) < 4.78 is 5.18. The second-order valence-corrected chi connectivity index (χ2v) is 5.88. The van der Waals surface area contributed by atoms with Gasteiger partial charge in [0.05, 0.1) is 12.7 Å². The van der Waals surface area contributed by atoms with Crippen molar-refractivity contribution in [1.29, 1.82) is 0 Å². The highest BCUT2D eigenvalue weighted by atomic mass is 16.5. The Morgan fingerprint density at radius 2 is 1.91 bits per heavy atom. The molecular weight excluding hydrogens is 280 g/mol. The molecule has 0 bridgehead atoms. The molecule has 120 valence electrons. The van der Waals surface area contributed by atoms with Gasteiger partial charge in [-0.15, -0.1) is 0 Å². The van der Waals surface area contributed by atoms with Gasteiger partial charge in [0.2, 0.25) is 0 Å². The van der Waals surface area contributed by atoms with Crippen LogP contribution >= 0.6 is 0 Å². The number of benzene rings is 1. The van der Waals surface area contributed by atoms with Crippen LogP contribution in [0.3, 0.4) is 0 Å². The Morgan fingerprint density at radius 3 is 2.45 bits per heavy atom. The van der Waals surface area contributed by atoms with Crippen molar-refractivity contribution in [3.63, 3.8) is 0 Å². The molecule has 0 radical (unpaired) electrons. The van der Waals surface area contributed by atoms with Gasteiger partial charge in [0, 0.05) is 25.8 Å². The SMILES string of the molecule is COc1ccc(N(C(=O)N(C)C)C2CCCCC2)cc1C=O. The van der Waals surface area contributed by atoms with E-state index in [-0.39, 0.29) is 12.1 Å². The number of hydrogen-bond acceptors (Lipinski definition) is 3. The van der Waals surface area contributed by atoms with Crippen molar-refractivity contribution in [2.45, 2.75) is 38.1 Å². The first-order valence-electron chi connectivity index (χ1n) is 7.72. The molecule has 1 aromatic carbocycles. The fourth-order valence-corrected chi connectivity index (χ4v) is 3.00. The van der Waals surface area contributed by atoms with Crippen molar-refractivity contribution in [2.75, 3.05) is 26.1 Å². The van der Waals surface area contributed by atoms with Crippen molar-refractivity contribution < 1.29 is 14.3 Å². The van der Waals surface area contributed by atoms with E-state index in [2.05, 4.69) is 0 Å². The van der Waals surface area contributed by atoms with Crippen LogP contribution in [0, 0.1) is 0 Å². The molecule has 1 aliphatic rings. The molecule has 1 fully saturated rings. The lowest BCUT2D eigenvalue weighted by atomic mass is 9.93. The van der Waals surface area contributed by atoms with Crippen LogP contribution in [0.25, 0.3) is 0 Å². The summed E-state index contributed by atoms with van der Waals surface area (Å²) in [7, 11) is 5.04. The molecule has 22 heavy (non-hydrogen) atoms. The van der Waals surface area contributed by atoms with E-state index in [1.807, 2.05) is 11.0 Å². The second kappa shape index (κ2) is 7.29. The molecule has 1 aromatic rings. The number of nitrogens with zero attached hydrogens (tertiary/aromatic N) is 2. The average molecular weight is 304 g/mol. The molecule has 0 unspecified atom stereocenters. The lowest BCUT2D eigenvalue weighted by Gasteiger charge is -2.36. The second-order valence-electron chi connectivity index (χ2n) is 5.88. The number of carbonyl (C=O) groups excluding carboxylic acids is 2. The molecule has 5 nitrogen and oxygen atoms in total. The molecule has 0 saturated heterocycles. The third kappa shape index (κ3) is 3.40. The van der Waals surface area contributed by atoms with Crippen molar-refractivity contribution >= 4 is 18.0 Å². The van der Waals surface area contributed by atoms with Gasteiger partial charge in [0.25, 0.3) is 0 Å². The Morgan fingerprint density at radius 1 is 1.23 bits per heavy atom. The molecule has 2 rings (SSSR count). The van der Waals surface area contributed by atoms with Gasteiger partial charge in [-0.25, -0.2) is 4.79 Å². The number of aldehydes is 1. The molecule has 5 heteroatoms. The normalized spacial score (nSPS) is 15.2. The van der Waals surface area contributed by atoms with Crippen LogP contribution in [0.15, 0.2) is 18.2 Å². The number of urea groups is 1. The van der Waals surface area contributed by atoms with Gasteiger partial charge in [-0.3, -0.25) is 9.69 Å². The molecule has 0 aliphatic heterocycles. The van der Waals surface area contributed by atoms with Gasteiger partial charge in [-0.05, 0) is 31.0 Å². The Labute approximate surface area is 131 Å². The average Bonchev–Trinajstić information content (AvgIpc) is 2.55. The van der Waals surface area contributed by atoms with Crippen molar-refractivity contribution in [3.05, 3.63) is 23.8 Å². The Kier molecular flexibility index (Phi) is 5.41. The standard InChI is InChI=1S/C17H24N2O3/c1-18(2)17(21)19(14-7-5-4-6-8-14)15-9-10-16(22-3)13(11-15)12-20/h9-12,14H,4-8H2,1-3H3. The third-order valence-corrected chi connectivity index (χ3v) is 4.15. The number of ether oxygens (including phenoxy) is 1. The topological polar surface area (TPSA) is 49.9 Å². The molecule has 1 saturated carbocycles. The van der Waals surface area contributed by atoms with Crippen LogP contribution in [0.1, 0.15) is 42.5 Å². The maximum Gasteiger partial charge on any atom is 0.324 e. The van der Waals surface area contributed by atoms with Gasteiger partial charge >= 0.3 is 6.03 Å². The molecule has 0 heterocycles. The minimum atomic E-state index is -0.0473. The first-order chi connectivity index (χ1) is 10.6. The largest absolute Gasteiger partial charge is 0.496 e. The van der Waals surface area contributed by atoms with Crippen LogP contribution in [-0.2, 0) is 0 Å². The Hall–Kier alpha value is -2.04. The summed E-state index contributed by atoms with van der Waals surface area (Å²) in [5, 5.41) is 0. The number of carbonyl (C=O) groups is 2. The van der Waals surface area contributed by atoms with E-state index in [1.165, 1.54) is 13.5 Å². The van der Waals surface area contributed by atoms with E-state index in [0.29, 0.717) is 11.3 Å². The molecule has 0 atom stereocenters. The summed E-state index contributed by atoms with van der Waals surface area (Å²) in [6, 6.07) is 5.48. The fraction of sp³-hybridized carbons (Fsp3) is 0.529. The lowest BCUT2D eigenvalue weighted by Crippen LogP contribution is -2.46. The summed E-state index contributed by atoms with van der Waals surface area (Å²) in [5.41, 5.74) is 1.22. The Bertz CT molecular complexity index is 537. The van der Waals surface area contributed by atoms with Crippen LogP contribution in [0.2, 0.25) is 0 Å². The van der Waals surface area contributed by atoms with Gasteiger partial charge in [0.1, 0.15) is 5.75 Å². The maximum atomic E-state index is 12.6. The lowest BCUT2D eigenvalue weighted by molar-refractivity contribution is 0.112. The molecule has 2 amide bonds. The van der Waals surface area contributed by atoms with Crippen LogP contribution in [0.5, 0.6) is 5.75 Å². The Balaban J connectivity index is 2.39. The quantitative estimate of drug-likeness (QED) is 0.802. The van der Waals surface area contributed by atoms with E-state index in [9.17, 15) is 9.59 Å². The molecule has 1 aliphatic carbocycles. The zero-order valence-electron chi connectivity index (χ0n) is 13.5. The van der Waals surface area contributed by atoms with E-state index in [1.54, 1.807) is 31.1 Å². The predicted octanol–water partition coefficient (Wildman–Crippen LogP) is 3.33. The van der Waals surface area contributed by atoms with E-state index in [0.717, 1.165) is 37.7 Å². The van der Waals surface area contributed by atoms with Crippen molar-refractivity contribution in [3.8, 4) is 5.75 Å². The van der Waals surface area contributed by atoms with Crippen LogP contribution in [0.4, 0.5) is 10.5 Å². The first-order valence-corrected chi connectivity index (χ1v) is 7.72. The van der Waals surface area contributed by atoms with Crippen molar-refractivity contribution in [2.24, 2.45) is 0 Å². The van der Waals surface area contributed by atoms with E-state index >= 15 is 0 Å². The van der Waals surface area contributed by atoms with Gasteiger partial charge in [0.15, 0.2) is 6.29 Å². The molecule has 0 spiro atoms. The highest BCUT2D eigenvalue weighted by molar-refractivity contribution is 5.94. The third-order valence-electron chi connectivity index (χ3n) is 4.15. The minimum Gasteiger partial charge on any atom is -0.496 e. The summed E-state index contributed by atoms with van der Waals surface area (Å²) in [4.78, 5) is 27.3. The highest BCUT2D eigenvalue weighted by Gasteiger charge is 2.28. The maximum absolute atomic E-state index is 12.6. The predicted molar refractivity (Wildman–Crippen MR) is 86.8 cm³/mol. The monoisotopic (exact) mass is 304 g/mol. The smallest absolute Gasteiger partial charge is 0.324 e.